The molecular formula is C18H14Cl3F2N4NaO5. The fourth-order valence-corrected chi connectivity index (χ4v) is 3.26. The molecule has 2 heterocycles. The predicted molar refractivity (Wildman–Crippen MR) is 114 cm³/mol. The van der Waals surface area contributed by atoms with Gasteiger partial charge in [-0.3, -0.25) is 9.59 Å². The van der Waals surface area contributed by atoms with Crippen molar-refractivity contribution in [2.45, 2.75) is 13.1 Å². The first-order valence-corrected chi connectivity index (χ1v) is 8.96. The second-order valence-electron chi connectivity index (χ2n) is 5.99. The largest absolute Gasteiger partial charge is 1.00 e. The number of benzene rings is 2. The number of carboxylic acid groups (broad SMARTS) is 2. The van der Waals surface area contributed by atoms with E-state index in [1.807, 2.05) is 0 Å². The average Bonchev–Trinajstić information content (AvgIpc) is 3.26. The van der Waals surface area contributed by atoms with E-state index in [9.17, 15) is 18.4 Å². The Balaban J connectivity index is 0.000000569. The molecule has 3 N–H and O–H groups in total. The molecule has 33 heavy (non-hydrogen) atoms. The quantitative estimate of drug-likeness (QED) is 0.374. The van der Waals surface area contributed by atoms with E-state index in [1.165, 1.54) is 46.1 Å². The van der Waals surface area contributed by atoms with Crippen molar-refractivity contribution >= 4 is 69.6 Å². The predicted octanol–water partition coefficient (Wildman–Crippen LogP) is 1.08. The van der Waals surface area contributed by atoms with E-state index in [1.54, 1.807) is 0 Å². The van der Waals surface area contributed by atoms with Gasteiger partial charge in [-0.2, -0.15) is 0 Å². The molecule has 2 aromatic heterocycles. The number of hydrogen-bond donors (Lipinski definition) is 2. The van der Waals surface area contributed by atoms with Crippen LogP contribution in [0.1, 0.15) is 0 Å². The van der Waals surface area contributed by atoms with Crippen LogP contribution in [0, 0.1) is 11.6 Å². The van der Waals surface area contributed by atoms with Gasteiger partial charge in [0.15, 0.2) is 0 Å². The molecule has 0 radical (unpaired) electrons. The zero-order valence-corrected chi connectivity index (χ0v) is 21.1. The van der Waals surface area contributed by atoms with Gasteiger partial charge in [-0.05, 0) is 24.3 Å². The number of nitrogens with zero attached hydrogens (tertiary/aromatic N) is 4. The number of carboxylic acids is 2. The van der Waals surface area contributed by atoms with Gasteiger partial charge >= 0.3 is 41.5 Å². The van der Waals surface area contributed by atoms with E-state index < -0.39 is 23.6 Å². The third-order valence-electron chi connectivity index (χ3n) is 3.95. The van der Waals surface area contributed by atoms with Gasteiger partial charge in [-0.15, -0.1) is 12.4 Å². The molecule has 0 atom stereocenters. The normalized spacial score (nSPS) is 9.82. The summed E-state index contributed by atoms with van der Waals surface area (Å²) in [6.45, 7) is -0.584. The van der Waals surface area contributed by atoms with E-state index in [0.29, 0.717) is 22.1 Å². The molecule has 0 aliphatic carbocycles. The van der Waals surface area contributed by atoms with Gasteiger partial charge in [0.2, 0.25) is 0 Å². The van der Waals surface area contributed by atoms with Crippen molar-refractivity contribution in [1.82, 2.24) is 19.1 Å². The van der Waals surface area contributed by atoms with E-state index in [2.05, 4.69) is 9.97 Å². The van der Waals surface area contributed by atoms with E-state index in [-0.39, 0.29) is 70.6 Å². The molecule has 4 aromatic rings. The molecule has 0 bridgehead atoms. The van der Waals surface area contributed by atoms with Crippen molar-refractivity contribution in [1.29, 1.82) is 0 Å². The molecule has 0 amide bonds. The Hall–Kier alpha value is -1.99. The van der Waals surface area contributed by atoms with E-state index >= 15 is 0 Å². The number of carbonyl (C=O) groups is 2. The zero-order valence-electron chi connectivity index (χ0n) is 16.7. The summed E-state index contributed by atoms with van der Waals surface area (Å²) in [6.07, 6.45) is 2.65. The van der Waals surface area contributed by atoms with Gasteiger partial charge in [-0.1, -0.05) is 23.2 Å². The van der Waals surface area contributed by atoms with Crippen LogP contribution in [0.4, 0.5) is 8.78 Å². The molecule has 0 spiro atoms. The van der Waals surface area contributed by atoms with Crippen LogP contribution in [0.5, 0.6) is 0 Å². The molecule has 4 rings (SSSR count). The molecule has 2 aromatic carbocycles. The van der Waals surface area contributed by atoms with Crippen LogP contribution in [-0.2, 0) is 22.7 Å². The first-order valence-electron chi connectivity index (χ1n) is 8.20. The van der Waals surface area contributed by atoms with Crippen LogP contribution in [0.2, 0.25) is 10.0 Å². The number of aromatic nitrogens is 4. The minimum absolute atomic E-state index is 0. The van der Waals surface area contributed by atoms with Crippen molar-refractivity contribution in [2.24, 2.45) is 0 Å². The van der Waals surface area contributed by atoms with Crippen LogP contribution in [-0.4, -0.2) is 46.7 Å². The number of fused-ring (bicyclic) bond motifs is 2. The molecule has 0 aliphatic rings. The van der Waals surface area contributed by atoms with Crippen LogP contribution < -0.4 is 29.6 Å². The Morgan fingerprint density at radius 2 is 1.15 bits per heavy atom. The number of halogens is 5. The Morgan fingerprint density at radius 3 is 1.45 bits per heavy atom. The molecule has 0 unspecified atom stereocenters. The van der Waals surface area contributed by atoms with Gasteiger partial charge in [0, 0.05) is 0 Å². The van der Waals surface area contributed by atoms with E-state index in [4.69, 9.17) is 33.4 Å². The molecule has 0 fully saturated rings. The summed E-state index contributed by atoms with van der Waals surface area (Å²) in [7, 11) is 0. The maximum atomic E-state index is 13.1. The molecule has 15 heteroatoms. The maximum Gasteiger partial charge on any atom is 1.00 e. The SMILES string of the molecule is Cl.O=C(O)Cn1cnc2ccc(F)c(Cl)c21.O=C(O)Cn1cnc2ccc(F)c(Cl)c21.[Na+].[OH-]. The Morgan fingerprint density at radius 1 is 0.818 bits per heavy atom. The monoisotopic (exact) mass is 532 g/mol. The topological polar surface area (TPSA) is 140 Å². The molecular weight excluding hydrogens is 520 g/mol. The number of imidazole rings is 2. The molecule has 172 valence electrons. The van der Waals surface area contributed by atoms with Gasteiger partial charge in [0.25, 0.3) is 0 Å². The number of aliphatic carboxylic acids is 2. The van der Waals surface area contributed by atoms with Crippen molar-refractivity contribution < 1.29 is 63.6 Å². The summed E-state index contributed by atoms with van der Waals surface area (Å²) >= 11 is 11.5. The van der Waals surface area contributed by atoms with Gasteiger partial charge < -0.3 is 24.8 Å². The second kappa shape index (κ2) is 13.0. The summed E-state index contributed by atoms with van der Waals surface area (Å²) < 4.78 is 28.8. The summed E-state index contributed by atoms with van der Waals surface area (Å²) in [6, 6.07) is 5.30. The summed E-state index contributed by atoms with van der Waals surface area (Å²) in [5.41, 5.74) is 1.56. The average molecular weight is 534 g/mol. The molecule has 9 nitrogen and oxygen atoms in total. The van der Waals surface area contributed by atoms with Crippen LogP contribution in [0.15, 0.2) is 36.9 Å². The van der Waals surface area contributed by atoms with Crippen LogP contribution in [0.3, 0.4) is 0 Å². The minimum Gasteiger partial charge on any atom is -0.870 e. The fraction of sp³-hybridized carbons (Fsp3) is 0.111. The minimum atomic E-state index is -1.03. The third-order valence-corrected chi connectivity index (χ3v) is 4.67. The molecule has 0 aliphatic heterocycles. The summed E-state index contributed by atoms with van der Waals surface area (Å²) in [5, 5.41) is 17.0. The number of rotatable bonds is 4. The Labute approximate surface area is 222 Å². The molecule has 0 saturated carbocycles. The van der Waals surface area contributed by atoms with Crippen molar-refractivity contribution in [3.63, 3.8) is 0 Å². The second-order valence-corrected chi connectivity index (χ2v) is 6.75. The third kappa shape index (κ3) is 7.00. The first kappa shape index (κ1) is 31.0. The summed E-state index contributed by atoms with van der Waals surface area (Å²) in [4.78, 5) is 28.9. The Bertz CT molecular complexity index is 1190. The van der Waals surface area contributed by atoms with Crippen LogP contribution >= 0.6 is 35.6 Å². The maximum absolute atomic E-state index is 13.1. The molecule has 0 saturated heterocycles. The van der Waals surface area contributed by atoms with Gasteiger partial charge in [-0.25, -0.2) is 18.7 Å². The van der Waals surface area contributed by atoms with Crippen molar-refractivity contribution in [3.8, 4) is 0 Å². The summed E-state index contributed by atoms with van der Waals surface area (Å²) in [5.74, 6) is -3.24. The zero-order chi connectivity index (χ0) is 22.0. The fourth-order valence-electron chi connectivity index (χ4n) is 2.72. The standard InChI is InChI=1S/2C9H6ClFN2O2.ClH.Na.H2O/c2*10-8-5(11)1-2-6-9(8)13(4-12-6)3-7(14)15;;;/h2*1-2,4H,3H2,(H,14,15);1H;;1H2/q;;;+1;/p-1. The van der Waals surface area contributed by atoms with Crippen LogP contribution in [0.25, 0.3) is 22.1 Å². The van der Waals surface area contributed by atoms with E-state index in [0.717, 1.165) is 0 Å². The number of hydrogen-bond acceptors (Lipinski definition) is 5. The van der Waals surface area contributed by atoms with Gasteiger partial charge in [0.1, 0.15) is 34.8 Å². The van der Waals surface area contributed by atoms with Crippen molar-refractivity contribution in [3.05, 3.63) is 58.6 Å². The first-order chi connectivity index (χ1) is 14.2. The van der Waals surface area contributed by atoms with Gasteiger partial charge in [0.05, 0.1) is 34.7 Å². The van der Waals surface area contributed by atoms with Crippen molar-refractivity contribution in [2.75, 3.05) is 0 Å². The smallest absolute Gasteiger partial charge is 0.870 e. The Kier molecular flexibility index (Phi) is 12.3.